The van der Waals surface area contributed by atoms with Crippen molar-refractivity contribution in [3.8, 4) is 10.7 Å². The molecule has 0 atom stereocenters. The lowest BCUT2D eigenvalue weighted by atomic mass is 10.2. The number of likely N-dealkylation sites (tertiary alicyclic amines) is 1. The lowest BCUT2D eigenvalue weighted by Gasteiger charge is -2.17. The van der Waals surface area contributed by atoms with E-state index in [0.717, 1.165) is 22.3 Å². The highest BCUT2D eigenvalue weighted by molar-refractivity contribution is 7.71. The van der Waals surface area contributed by atoms with Gasteiger partial charge in [-0.25, -0.2) is 4.98 Å². The summed E-state index contributed by atoms with van der Waals surface area (Å²) < 4.78 is 2.53. The highest BCUT2D eigenvalue weighted by Gasteiger charge is 2.14. The summed E-state index contributed by atoms with van der Waals surface area (Å²) in [4.78, 5) is 8.13. The summed E-state index contributed by atoms with van der Waals surface area (Å²) in [5, 5.41) is 8.24. The van der Waals surface area contributed by atoms with Crippen molar-refractivity contribution < 1.29 is 0 Å². The second kappa shape index (κ2) is 6.15. The number of aromatic amines is 1. The molecule has 0 radical (unpaired) electrons. The van der Waals surface area contributed by atoms with Gasteiger partial charge < -0.3 is 4.57 Å². The number of thiazole rings is 1. The van der Waals surface area contributed by atoms with Gasteiger partial charge >= 0.3 is 0 Å². The van der Waals surface area contributed by atoms with E-state index in [0.29, 0.717) is 4.77 Å². The van der Waals surface area contributed by atoms with E-state index in [1.807, 2.05) is 17.8 Å². The molecule has 2 aromatic heterocycles. The average molecular weight is 309 g/mol. The molecule has 1 aliphatic heterocycles. The van der Waals surface area contributed by atoms with Crippen LogP contribution in [0.1, 0.15) is 30.7 Å². The molecule has 5 nitrogen and oxygen atoms in total. The number of nitrogens with zero attached hydrogens (tertiary/aromatic N) is 4. The fourth-order valence-corrected chi connectivity index (χ4v) is 3.66. The number of hydrogen-bond acceptors (Lipinski definition) is 5. The Labute approximate surface area is 127 Å². The van der Waals surface area contributed by atoms with Gasteiger partial charge in [-0.3, -0.25) is 10.00 Å². The molecule has 0 saturated carbocycles. The summed E-state index contributed by atoms with van der Waals surface area (Å²) in [6.45, 7) is 3.35. The molecule has 0 unspecified atom stereocenters. The molecule has 0 amide bonds. The van der Waals surface area contributed by atoms with Crippen molar-refractivity contribution in [3.05, 3.63) is 16.0 Å². The lowest BCUT2D eigenvalue weighted by Crippen LogP contribution is -2.23. The third-order valence-electron chi connectivity index (χ3n) is 3.71. The third-order valence-corrected chi connectivity index (χ3v) is 5.05. The Kier molecular flexibility index (Phi) is 4.28. The first-order valence-electron chi connectivity index (χ1n) is 7.03. The Balaban J connectivity index is 1.73. The van der Waals surface area contributed by atoms with Crippen molar-refractivity contribution in [2.75, 3.05) is 13.1 Å². The van der Waals surface area contributed by atoms with Gasteiger partial charge in [0, 0.05) is 13.2 Å². The maximum absolute atomic E-state index is 5.15. The first kappa shape index (κ1) is 13.9. The minimum absolute atomic E-state index is 0.641. The van der Waals surface area contributed by atoms with Crippen LogP contribution in [-0.4, -0.2) is 37.7 Å². The van der Waals surface area contributed by atoms with Gasteiger partial charge in [0.05, 0.1) is 11.4 Å². The molecule has 20 heavy (non-hydrogen) atoms. The van der Waals surface area contributed by atoms with Crippen LogP contribution in [0.25, 0.3) is 10.7 Å². The van der Waals surface area contributed by atoms with Gasteiger partial charge in [0.15, 0.2) is 10.6 Å². The molecule has 108 valence electrons. The summed E-state index contributed by atoms with van der Waals surface area (Å²) in [7, 11) is 1.93. The first-order valence-corrected chi connectivity index (χ1v) is 8.25. The summed E-state index contributed by atoms with van der Waals surface area (Å²) in [6, 6.07) is 0. The van der Waals surface area contributed by atoms with Crippen molar-refractivity contribution in [1.29, 1.82) is 0 Å². The van der Waals surface area contributed by atoms with Gasteiger partial charge in [0.2, 0.25) is 0 Å². The largest absolute Gasteiger partial charge is 0.303 e. The third kappa shape index (κ3) is 2.99. The van der Waals surface area contributed by atoms with Crippen LogP contribution in [0, 0.1) is 4.77 Å². The van der Waals surface area contributed by atoms with E-state index in [4.69, 9.17) is 12.2 Å². The first-order chi connectivity index (χ1) is 9.74. The van der Waals surface area contributed by atoms with E-state index in [2.05, 4.69) is 20.1 Å². The summed E-state index contributed by atoms with van der Waals surface area (Å²) in [5.74, 6) is 0.870. The van der Waals surface area contributed by atoms with Crippen molar-refractivity contribution in [2.45, 2.75) is 32.2 Å². The number of H-pyrrole nitrogens is 1. The van der Waals surface area contributed by atoms with E-state index in [-0.39, 0.29) is 0 Å². The predicted molar refractivity (Wildman–Crippen MR) is 83.2 cm³/mol. The highest BCUT2D eigenvalue weighted by atomic mass is 32.1. The molecule has 3 heterocycles. The van der Waals surface area contributed by atoms with E-state index in [1.54, 1.807) is 11.3 Å². The van der Waals surface area contributed by atoms with E-state index < -0.39 is 0 Å². The van der Waals surface area contributed by atoms with Gasteiger partial charge in [-0.2, -0.15) is 5.10 Å². The summed E-state index contributed by atoms with van der Waals surface area (Å²) in [5.41, 5.74) is 0. The van der Waals surface area contributed by atoms with Crippen molar-refractivity contribution >= 4 is 23.6 Å². The Morgan fingerprint density at radius 2 is 2.05 bits per heavy atom. The molecule has 3 rings (SSSR count). The maximum Gasteiger partial charge on any atom is 0.195 e. The van der Waals surface area contributed by atoms with Gasteiger partial charge in [-0.1, -0.05) is 12.8 Å². The average Bonchev–Trinajstić information content (AvgIpc) is 2.91. The standard InChI is InChI=1S/C13H19N5S2/c1-17-12(15-16-13(17)19)10-8-14-11(20-10)9-18-6-4-2-3-5-7-18/h8H,2-7,9H2,1H3,(H,16,19). The zero-order valence-corrected chi connectivity index (χ0v) is 13.3. The quantitative estimate of drug-likeness (QED) is 0.886. The molecule has 0 aromatic carbocycles. The van der Waals surface area contributed by atoms with Crippen LogP contribution in [0.3, 0.4) is 0 Å². The molecular formula is C13H19N5S2. The number of nitrogens with one attached hydrogen (secondary N) is 1. The molecule has 1 saturated heterocycles. The molecule has 2 aromatic rings. The second-order valence-corrected chi connectivity index (χ2v) is 6.72. The molecule has 1 fully saturated rings. The lowest BCUT2D eigenvalue weighted by molar-refractivity contribution is 0.276. The Morgan fingerprint density at radius 3 is 2.70 bits per heavy atom. The van der Waals surface area contributed by atoms with Crippen LogP contribution >= 0.6 is 23.6 Å². The van der Waals surface area contributed by atoms with Crippen molar-refractivity contribution in [1.82, 2.24) is 24.6 Å². The smallest absolute Gasteiger partial charge is 0.195 e. The van der Waals surface area contributed by atoms with Crippen LogP contribution < -0.4 is 0 Å². The predicted octanol–water partition coefficient (Wildman–Crippen LogP) is 2.98. The van der Waals surface area contributed by atoms with E-state index in [1.165, 1.54) is 38.8 Å². The molecule has 1 aliphatic rings. The Bertz CT molecular complexity index is 619. The van der Waals surface area contributed by atoms with Gasteiger partial charge in [-0.15, -0.1) is 11.3 Å². The van der Waals surface area contributed by atoms with E-state index >= 15 is 0 Å². The monoisotopic (exact) mass is 309 g/mol. The number of rotatable bonds is 3. The fourth-order valence-electron chi connectivity index (χ4n) is 2.54. The molecule has 0 bridgehead atoms. The van der Waals surface area contributed by atoms with Crippen molar-refractivity contribution in [3.63, 3.8) is 0 Å². The van der Waals surface area contributed by atoms with Gasteiger partial charge in [0.25, 0.3) is 0 Å². The highest BCUT2D eigenvalue weighted by Crippen LogP contribution is 2.25. The molecule has 1 N–H and O–H groups in total. The van der Waals surface area contributed by atoms with E-state index in [9.17, 15) is 0 Å². The Morgan fingerprint density at radius 1 is 1.30 bits per heavy atom. The Hall–Kier alpha value is -1.05. The topological polar surface area (TPSA) is 49.7 Å². The van der Waals surface area contributed by atoms with Crippen LogP contribution in [0.5, 0.6) is 0 Å². The number of aromatic nitrogens is 4. The minimum Gasteiger partial charge on any atom is -0.303 e. The van der Waals surface area contributed by atoms with Gasteiger partial charge in [0.1, 0.15) is 5.01 Å². The molecule has 7 heteroatoms. The van der Waals surface area contributed by atoms with Crippen molar-refractivity contribution in [2.24, 2.45) is 7.05 Å². The minimum atomic E-state index is 0.641. The van der Waals surface area contributed by atoms with Gasteiger partial charge in [-0.05, 0) is 38.1 Å². The molecular weight excluding hydrogens is 290 g/mol. The van der Waals surface area contributed by atoms with Crippen LogP contribution in [0.15, 0.2) is 6.20 Å². The molecule has 0 aliphatic carbocycles. The zero-order valence-electron chi connectivity index (χ0n) is 11.6. The van der Waals surface area contributed by atoms with Crippen LogP contribution in [-0.2, 0) is 13.6 Å². The SMILES string of the molecule is Cn1c(-c2cnc(CN3CCCCCC3)s2)n[nH]c1=S. The molecule has 0 spiro atoms. The van der Waals surface area contributed by atoms with Crippen LogP contribution in [0.4, 0.5) is 0 Å². The van der Waals surface area contributed by atoms with Crippen LogP contribution in [0.2, 0.25) is 0 Å². The fraction of sp³-hybridized carbons (Fsp3) is 0.615. The normalized spacial score (nSPS) is 17.2. The number of hydrogen-bond donors (Lipinski definition) is 1. The maximum atomic E-state index is 5.15. The summed E-state index contributed by atoms with van der Waals surface area (Å²) >= 11 is 6.86. The second-order valence-electron chi connectivity index (χ2n) is 5.22. The zero-order chi connectivity index (χ0) is 13.9. The summed E-state index contributed by atoms with van der Waals surface area (Å²) in [6.07, 6.45) is 7.26.